The smallest absolute Gasteiger partial charge is 0.243 e. The molecule has 2 nitrogen and oxygen atoms in total. The SMILES string of the molecule is C[C@H](NC(=O)C(Cl)c1ccccc1)c1ccccc1Br. The first-order valence-electron chi connectivity index (χ1n) is 6.33. The maximum atomic E-state index is 12.2. The summed E-state index contributed by atoms with van der Waals surface area (Å²) < 4.78 is 0.971. The number of hydrogen-bond acceptors (Lipinski definition) is 1. The summed E-state index contributed by atoms with van der Waals surface area (Å²) in [6.07, 6.45) is 0. The molecule has 0 spiro atoms. The van der Waals surface area contributed by atoms with Crippen LogP contribution in [0.2, 0.25) is 0 Å². The third-order valence-corrected chi connectivity index (χ3v) is 4.23. The summed E-state index contributed by atoms with van der Waals surface area (Å²) in [6, 6.07) is 17.0. The second-order valence-corrected chi connectivity index (χ2v) is 5.82. The van der Waals surface area contributed by atoms with Gasteiger partial charge in [-0.1, -0.05) is 64.5 Å². The molecule has 0 aromatic heterocycles. The summed E-state index contributed by atoms with van der Waals surface area (Å²) in [5.74, 6) is -0.193. The number of carbonyl (C=O) groups is 1. The van der Waals surface area contributed by atoms with Crippen LogP contribution in [0.4, 0.5) is 0 Å². The van der Waals surface area contributed by atoms with Crippen LogP contribution in [-0.4, -0.2) is 5.91 Å². The Kier molecular flexibility index (Phi) is 5.21. The van der Waals surface area contributed by atoms with Gasteiger partial charge >= 0.3 is 0 Å². The molecule has 0 aliphatic heterocycles. The molecule has 0 heterocycles. The first-order valence-corrected chi connectivity index (χ1v) is 7.56. The zero-order chi connectivity index (χ0) is 14.5. The lowest BCUT2D eigenvalue weighted by Gasteiger charge is -2.18. The second-order valence-electron chi connectivity index (χ2n) is 4.53. The van der Waals surface area contributed by atoms with Crippen LogP contribution < -0.4 is 5.32 Å². The third kappa shape index (κ3) is 3.62. The Morgan fingerprint density at radius 1 is 1.10 bits per heavy atom. The predicted molar refractivity (Wildman–Crippen MR) is 85.7 cm³/mol. The molecule has 0 saturated heterocycles. The average Bonchev–Trinajstić information content (AvgIpc) is 2.47. The normalized spacial score (nSPS) is 13.6. The van der Waals surface area contributed by atoms with E-state index in [1.807, 2.05) is 61.5 Å². The van der Waals surface area contributed by atoms with Crippen molar-refractivity contribution in [1.29, 1.82) is 0 Å². The van der Waals surface area contributed by atoms with Gasteiger partial charge in [0.2, 0.25) is 5.91 Å². The highest BCUT2D eigenvalue weighted by molar-refractivity contribution is 9.10. The summed E-state index contributed by atoms with van der Waals surface area (Å²) in [6.45, 7) is 1.94. The van der Waals surface area contributed by atoms with Crippen molar-refractivity contribution in [1.82, 2.24) is 5.32 Å². The first kappa shape index (κ1) is 15.1. The zero-order valence-corrected chi connectivity index (χ0v) is 13.4. The van der Waals surface area contributed by atoms with E-state index in [9.17, 15) is 4.79 Å². The number of rotatable bonds is 4. The Hall–Kier alpha value is -1.32. The van der Waals surface area contributed by atoms with Gasteiger partial charge in [-0.15, -0.1) is 11.6 Å². The summed E-state index contributed by atoms with van der Waals surface area (Å²) in [4.78, 5) is 12.2. The number of amides is 1. The summed E-state index contributed by atoms with van der Waals surface area (Å²) >= 11 is 9.69. The van der Waals surface area contributed by atoms with Gasteiger partial charge in [0.25, 0.3) is 0 Å². The van der Waals surface area contributed by atoms with Crippen LogP contribution in [0.5, 0.6) is 0 Å². The van der Waals surface area contributed by atoms with Gasteiger partial charge in [0.1, 0.15) is 5.38 Å². The van der Waals surface area contributed by atoms with E-state index >= 15 is 0 Å². The lowest BCUT2D eigenvalue weighted by Crippen LogP contribution is -2.29. The maximum Gasteiger partial charge on any atom is 0.243 e. The Morgan fingerprint density at radius 2 is 1.70 bits per heavy atom. The summed E-state index contributed by atoms with van der Waals surface area (Å²) in [5.41, 5.74) is 1.82. The van der Waals surface area contributed by atoms with Crippen molar-refractivity contribution in [2.75, 3.05) is 0 Å². The van der Waals surface area contributed by atoms with Crippen molar-refractivity contribution in [3.05, 3.63) is 70.2 Å². The molecule has 1 N–H and O–H groups in total. The molecule has 1 amide bonds. The van der Waals surface area contributed by atoms with E-state index in [4.69, 9.17) is 11.6 Å². The molecule has 0 fully saturated rings. The summed E-state index contributed by atoms with van der Waals surface area (Å²) in [7, 11) is 0. The van der Waals surface area contributed by atoms with E-state index in [0.29, 0.717) is 0 Å². The first-order chi connectivity index (χ1) is 9.59. The molecule has 4 heteroatoms. The van der Waals surface area contributed by atoms with E-state index < -0.39 is 5.38 Å². The topological polar surface area (TPSA) is 29.1 Å². The van der Waals surface area contributed by atoms with Gasteiger partial charge in [0.05, 0.1) is 6.04 Å². The molecule has 2 rings (SSSR count). The van der Waals surface area contributed by atoms with Crippen LogP contribution in [0.25, 0.3) is 0 Å². The van der Waals surface area contributed by atoms with Crippen LogP contribution >= 0.6 is 27.5 Å². The van der Waals surface area contributed by atoms with Gasteiger partial charge in [-0.05, 0) is 24.1 Å². The molecule has 0 saturated carbocycles. The molecule has 0 bridgehead atoms. The number of hydrogen-bond donors (Lipinski definition) is 1. The van der Waals surface area contributed by atoms with Crippen LogP contribution in [0.1, 0.15) is 29.5 Å². The van der Waals surface area contributed by atoms with E-state index in [1.165, 1.54) is 0 Å². The van der Waals surface area contributed by atoms with Crippen LogP contribution in [-0.2, 0) is 4.79 Å². The van der Waals surface area contributed by atoms with Crippen molar-refractivity contribution in [3.63, 3.8) is 0 Å². The fourth-order valence-electron chi connectivity index (χ4n) is 1.96. The van der Waals surface area contributed by atoms with Crippen molar-refractivity contribution in [2.45, 2.75) is 18.3 Å². The molecule has 0 radical (unpaired) electrons. The van der Waals surface area contributed by atoms with Crippen molar-refractivity contribution in [3.8, 4) is 0 Å². The largest absolute Gasteiger partial charge is 0.348 e. The van der Waals surface area contributed by atoms with E-state index in [1.54, 1.807) is 0 Å². The monoisotopic (exact) mass is 351 g/mol. The van der Waals surface area contributed by atoms with Crippen LogP contribution in [0, 0.1) is 0 Å². The van der Waals surface area contributed by atoms with E-state index in [2.05, 4.69) is 21.2 Å². The lowest BCUT2D eigenvalue weighted by atomic mass is 10.1. The minimum absolute atomic E-state index is 0.108. The van der Waals surface area contributed by atoms with Crippen molar-refractivity contribution in [2.24, 2.45) is 0 Å². The number of benzene rings is 2. The van der Waals surface area contributed by atoms with E-state index in [0.717, 1.165) is 15.6 Å². The molecule has 0 aliphatic rings. The standard InChI is InChI=1S/C16H15BrClNO/c1-11(13-9-5-6-10-14(13)17)19-16(20)15(18)12-7-3-2-4-8-12/h2-11,15H,1H3,(H,19,20)/t11-,15?/m0/s1. The molecule has 2 aromatic rings. The van der Waals surface area contributed by atoms with Crippen LogP contribution in [0.3, 0.4) is 0 Å². The van der Waals surface area contributed by atoms with Gasteiger partial charge in [-0.25, -0.2) is 0 Å². The number of halogens is 2. The maximum absolute atomic E-state index is 12.2. The van der Waals surface area contributed by atoms with Gasteiger partial charge in [0, 0.05) is 4.47 Å². The Balaban J connectivity index is 2.07. The quantitative estimate of drug-likeness (QED) is 0.800. The number of alkyl halides is 1. The van der Waals surface area contributed by atoms with Gasteiger partial charge in [-0.3, -0.25) is 4.79 Å². The number of nitrogens with one attached hydrogen (secondary N) is 1. The highest BCUT2D eigenvalue weighted by Crippen LogP contribution is 2.25. The fourth-order valence-corrected chi connectivity index (χ4v) is 2.80. The van der Waals surface area contributed by atoms with Gasteiger partial charge in [-0.2, -0.15) is 0 Å². The Bertz CT molecular complexity index is 588. The van der Waals surface area contributed by atoms with E-state index in [-0.39, 0.29) is 11.9 Å². The predicted octanol–water partition coefficient (Wildman–Crippen LogP) is 4.61. The van der Waals surface area contributed by atoms with Gasteiger partial charge in [0.15, 0.2) is 0 Å². The highest BCUT2D eigenvalue weighted by Gasteiger charge is 2.20. The molecule has 1 unspecified atom stereocenters. The third-order valence-electron chi connectivity index (χ3n) is 3.05. The summed E-state index contributed by atoms with van der Waals surface area (Å²) in [5, 5.41) is 2.25. The van der Waals surface area contributed by atoms with Crippen molar-refractivity contribution >= 4 is 33.4 Å². The Morgan fingerprint density at radius 3 is 2.35 bits per heavy atom. The Labute approximate surface area is 132 Å². The lowest BCUT2D eigenvalue weighted by molar-refractivity contribution is -0.121. The minimum atomic E-state index is -0.680. The van der Waals surface area contributed by atoms with Crippen molar-refractivity contribution < 1.29 is 4.79 Å². The molecule has 104 valence electrons. The second kappa shape index (κ2) is 6.91. The molecule has 0 aliphatic carbocycles. The molecule has 20 heavy (non-hydrogen) atoms. The minimum Gasteiger partial charge on any atom is -0.348 e. The average molecular weight is 353 g/mol. The van der Waals surface area contributed by atoms with Crippen LogP contribution in [0.15, 0.2) is 59.1 Å². The number of carbonyl (C=O) groups excluding carboxylic acids is 1. The molecule has 2 aromatic carbocycles. The molecule has 2 atom stereocenters. The fraction of sp³-hybridized carbons (Fsp3) is 0.188. The highest BCUT2D eigenvalue weighted by atomic mass is 79.9. The molecular formula is C16H15BrClNO. The zero-order valence-electron chi connectivity index (χ0n) is 11.0. The van der Waals surface area contributed by atoms with Gasteiger partial charge < -0.3 is 5.32 Å². The molecular weight excluding hydrogens is 338 g/mol.